The molecule has 2 heterocycles. The number of carbonyl (C=O) groups excluding carboxylic acids is 3. The molecule has 0 spiro atoms. The van der Waals surface area contributed by atoms with E-state index in [2.05, 4.69) is 5.43 Å². The second-order valence-corrected chi connectivity index (χ2v) is 9.86. The molecule has 1 N–H and O–H groups in total. The minimum Gasteiger partial charge on any atom is -0.456 e. The second-order valence-electron chi connectivity index (χ2n) is 9.86. The minimum atomic E-state index is -1.47. The van der Waals surface area contributed by atoms with Crippen molar-refractivity contribution in [1.82, 2.24) is 5.01 Å². The normalized spacial score (nSPS) is 22.7. The molecule has 2 saturated heterocycles. The Bertz CT molecular complexity index is 854. The molecule has 30 heavy (non-hydrogen) atoms. The monoisotopic (exact) mass is 418 g/mol. The Morgan fingerprint density at radius 3 is 2.43 bits per heavy atom. The van der Waals surface area contributed by atoms with Gasteiger partial charge in [-0.2, -0.15) is 5.01 Å². The van der Waals surface area contributed by atoms with Crippen LogP contribution in [0, 0.1) is 5.41 Å². The SMILES string of the molecule is CC(C)(C)CCC(=O)N(Nc1ccccc1C(=O)OC(C)(C)C)[C@@]12OC(=O)C[C@@H]1O2. The molecule has 3 rings (SSSR count). The fourth-order valence-corrected chi connectivity index (χ4v) is 3.15. The summed E-state index contributed by atoms with van der Waals surface area (Å²) in [6.45, 7) is 11.5. The lowest BCUT2D eigenvalue weighted by molar-refractivity contribution is -0.180. The Kier molecular flexibility index (Phi) is 5.58. The highest BCUT2D eigenvalue weighted by atomic mass is 16.8. The van der Waals surface area contributed by atoms with E-state index in [0.29, 0.717) is 12.1 Å². The molecule has 0 radical (unpaired) electrons. The first kappa shape index (κ1) is 22.1. The number of epoxide rings is 1. The van der Waals surface area contributed by atoms with Crippen LogP contribution in [0.15, 0.2) is 24.3 Å². The van der Waals surface area contributed by atoms with E-state index in [1.54, 1.807) is 45.0 Å². The molecule has 2 aliphatic heterocycles. The van der Waals surface area contributed by atoms with Crippen LogP contribution in [0.2, 0.25) is 0 Å². The van der Waals surface area contributed by atoms with E-state index in [4.69, 9.17) is 14.2 Å². The van der Waals surface area contributed by atoms with Gasteiger partial charge >= 0.3 is 17.8 Å². The molecule has 0 unspecified atom stereocenters. The number of hydrogen-bond donors (Lipinski definition) is 1. The van der Waals surface area contributed by atoms with Crippen molar-refractivity contribution in [3.05, 3.63) is 29.8 Å². The van der Waals surface area contributed by atoms with Crippen LogP contribution in [0.3, 0.4) is 0 Å². The third-order valence-electron chi connectivity index (χ3n) is 4.70. The number of nitrogens with zero attached hydrogens (tertiary/aromatic N) is 1. The first-order chi connectivity index (χ1) is 13.8. The lowest BCUT2D eigenvalue weighted by Crippen LogP contribution is -2.49. The molecule has 8 nitrogen and oxygen atoms in total. The van der Waals surface area contributed by atoms with Gasteiger partial charge in [0.2, 0.25) is 5.91 Å². The lowest BCUT2D eigenvalue weighted by atomic mass is 9.90. The van der Waals surface area contributed by atoms with E-state index in [0.717, 1.165) is 0 Å². The predicted molar refractivity (Wildman–Crippen MR) is 109 cm³/mol. The van der Waals surface area contributed by atoms with Crippen molar-refractivity contribution in [3.63, 3.8) is 0 Å². The van der Waals surface area contributed by atoms with Gasteiger partial charge in [-0.1, -0.05) is 32.9 Å². The molecule has 164 valence electrons. The fourth-order valence-electron chi connectivity index (χ4n) is 3.15. The molecule has 1 aromatic carbocycles. The molecular weight excluding hydrogens is 388 g/mol. The van der Waals surface area contributed by atoms with Gasteiger partial charge in [-0.15, -0.1) is 0 Å². The van der Waals surface area contributed by atoms with E-state index in [-0.39, 0.29) is 29.7 Å². The summed E-state index contributed by atoms with van der Waals surface area (Å²) >= 11 is 0. The highest BCUT2D eigenvalue weighted by molar-refractivity contribution is 5.96. The number of para-hydroxylation sites is 1. The van der Waals surface area contributed by atoms with Crippen molar-refractivity contribution >= 4 is 23.5 Å². The topological polar surface area (TPSA) is 97.5 Å². The van der Waals surface area contributed by atoms with Gasteiger partial charge in [-0.25, -0.2) is 4.79 Å². The zero-order valence-electron chi connectivity index (χ0n) is 18.4. The van der Waals surface area contributed by atoms with Crippen molar-refractivity contribution in [1.29, 1.82) is 0 Å². The summed E-state index contributed by atoms with van der Waals surface area (Å²) in [6.07, 6.45) is 0.413. The van der Waals surface area contributed by atoms with Gasteiger partial charge in [0.15, 0.2) is 6.10 Å². The van der Waals surface area contributed by atoms with Crippen molar-refractivity contribution < 1.29 is 28.6 Å². The average Bonchev–Trinajstić information content (AvgIpc) is 3.17. The number of fused-ring (bicyclic) bond motifs is 1. The third kappa shape index (κ3) is 4.92. The molecule has 0 saturated carbocycles. The molecule has 1 amide bonds. The van der Waals surface area contributed by atoms with Crippen molar-refractivity contribution in [2.75, 3.05) is 5.43 Å². The molecule has 0 aromatic heterocycles. The molecule has 0 bridgehead atoms. The summed E-state index contributed by atoms with van der Waals surface area (Å²) in [4.78, 5) is 37.6. The summed E-state index contributed by atoms with van der Waals surface area (Å²) in [5, 5.41) is 1.21. The quantitative estimate of drug-likeness (QED) is 0.428. The molecular formula is C22H30N2O6. The van der Waals surface area contributed by atoms with Gasteiger partial charge in [0, 0.05) is 6.42 Å². The number of hydrogen-bond acceptors (Lipinski definition) is 7. The number of nitrogens with one attached hydrogen (secondary N) is 1. The summed E-state index contributed by atoms with van der Waals surface area (Å²) < 4.78 is 16.4. The van der Waals surface area contributed by atoms with Gasteiger partial charge in [0.25, 0.3) is 0 Å². The number of ether oxygens (including phenoxy) is 3. The average molecular weight is 418 g/mol. The standard InChI is InChI=1S/C22H30N2O6/c1-20(2,3)12-11-17(25)24(22-16(28-22)13-18(26)29-22)23-15-10-8-7-9-14(15)19(27)30-21(4,5)6/h7-10,16,23H,11-13H2,1-6H3/t16-,22-/m0/s1. The zero-order valence-corrected chi connectivity index (χ0v) is 18.4. The maximum atomic E-state index is 13.1. The largest absolute Gasteiger partial charge is 0.456 e. The van der Waals surface area contributed by atoms with Crippen LogP contribution in [0.25, 0.3) is 0 Å². The Labute approximate surface area is 176 Å². The molecule has 2 aliphatic rings. The van der Waals surface area contributed by atoms with Crippen molar-refractivity contribution in [2.24, 2.45) is 5.41 Å². The second kappa shape index (κ2) is 7.58. The van der Waals surface area contributed by atoms with Crippen LogP contribution in [0.5, 0.6) is 0 Å². The van der Waals surface area contributed by atoms with Gasteiger partial charge in [0.05, 0.1) is 17.7 Å². The maximum Gasteiger partial charge on any atom is 0.346 e. The van der Waals surface area contributed by atoms with E-state index >= 15 is 0 Å². The van der Waals surface area contributed by atoms with Crippen LogP contribution >= 0.6 is 0 Å². The summed E-state index contributed by atoms with van der Waals surface area (Å²) in [6, 6.07) is 6.71. The van der Waals surface area contributed by atoms with Gasteiger partial charge in [-0.05, 0) is 44.7 Å². The maximum absolute atomic E-state index is 13.1. The van der Waals surface area contributed by atoms with Gasteiger partial charge in [-0.3, -0.25) is 15.0 Å². The van der Waals surface area contributed by atoms with Crippen LogP contribution in [-0.2, 0) is 23.8 Å². The molecule has 8 heteroatoms. The van der Waals surface area contributed by atoms with Crippen LogP contribution in [0.4, 0.5) is 5.69 Å². The Morgan fingerprint density at radius 2 is 1.87 bits per heavy atom. The van der Waals surface area contributed by atoms with Gasteiger partial charge in [0.1, 0.15) is 5.60 Å². The van der Waals surface area contributed by atoms with Crippen molar-refractivity contribution in [2.45, 2.75) is 78.4 Å². The predicted octanol–water partition coefficient (Wildman–Crippen LogP) is 3.62. The molecule has 0 aliphatic carbocycles. The number of benzene rings is 1. The summed E-state index contributed by atoms with van der Waals surface area (Å²) in [7, 11) is 0. The first-order valence-corrected chi connectivity index (χ1v) is 10.1. The van der Waals surface area contributed by atoms with E-state index in [9.17, 15) is 14.4 Å². The van der Waals surface area contributed by atoms with E-state index in [1.807, 2.05) is 20.8 Å². The summed E-state index contributed by atoms with van der Waals surface area (Å²) in [5.74, 6) is -2.71. The van der Waals surface area contributed by atoms with Crippen molar-refractivity contribution in [3.8, 4) is 0 Å². The highest BCUT2D eigenvalue weighted by Crippen LogP contribution is 2.49. The fraction of sp³-hybridized carbons (Fsp3) is 0.591. The van der Waals surface area contributed by atoms with E-state index in [1.165, 1.54) is 5.01 Å². The smallest absolute Gasteiger partial charge is 0.346 e. The Morgan fingerprint density at radius 1 is 1.20 bits per heavy atom. The zero-order chi connectivity index (χ0) is 22.3. The van der Waals surface area contributed by atoms with Crippen LogP contribution in [-0.4, -0.2) is 40.5 Å². The first-order valence-electron chi connectivity index (χ1n) is 10.1. The molecule has 2 fully saturated rings. The Hall–Kier alpha value is -2.61. The number of esters is 2. The summed E-state index contributed by atoms with van der Waals surface area (Å²) in [5.41, 5.74) is 2.88. The number of carbonyl (C=O) groups is 3. The van der Waals surface area contributed by atoms with Crippen LogP contribution < -0.4 is 5.43 Å². The molecule has 1 aromatic rings. The minimum absolute atomic E-state index is 0.0520. The number of anilines is 1. The third-order valence-corrected chi connectivity index (χ3v) is 4.70. The Balaban J connectivity index is 1.87. The number of rotatable bonds is 6. The van der Waals surface area contributed by atoms with Gasteiger partial charge < -0.3 is 14.2 Å². The lowest BCUT2D eigenvalue weighted by Gasteiger charge is -2.30. The highest BCUT2D eigenvalue weighted by Gasteiger charge is 2.72. The van der Waals surface area contributed by atoms with Crippen LogP contribution in [0.1, 0.15) is 71.2 Å². The number of hydrazine groups is 1. The molecule has 2 atom stereocenters. The number of amides is 1. The van der Waals surface area contributed by atoms with E-state index < -0.39 is 29.6 Å².